The Hall–Kier alpha value is -3.48. The van der Waals surface area contributed by atoms with Gasteiger partial charge in [0.1, 0.15) is 12.2 Å². The summed E-state index contributed by atoms with van der Waals surface area (Å²) in [6, 6.07) is 12.7. The van der Waals surface area contributed by atoms with Crippen molar-refractivity contribution in [3.8, 4) is 0 Å². The highest BCUT2D eigenvalue weighted by atomic mass is 16.6. The fourth-order valence-corrected chi connectivity index (χ4v) is 8.85. The summed E-state index contributed by atoms with van der Waals surface area (Å²) in [5.74, 6) is -0.0999. The van der Waals surface area contributed by atoms with Crippen molar-refractivity contribution in [2.75, 3.05) is 0 Å². The molecule has 0 saturated heterocycles. The minimum Gasteiger partial charge on any atom is -0.459 e. The molecule has 0 heterocycles. The number of benzene rings is 2. The fourth-order valence-electron chi connectivity index (χ4n) is 8.85. The number of carbonyl (C=O) groups excluding carboxylic acids is 2. The van der Waals surface area contributed by atoms with Crippen LogP contribution in [0.4, 0.5) is 5.69 Å². The molecular formula is C38H47NO6. The number of nitrogens with zero attached hydrogens (tertiary/aromatic N) is 1. The van der Waals surface area contributed by atoms with Crippen molar-refractivity contribution in [2.45, 2.75) is 104 Å². The minimum atomic E-state index is -0.652. The van der Waals surface area contributed by atoms with Gasteiger partial charge in [-0.1, -0.05) is 84.7 Å². The molecule has 0 aliphatic heterocycles. The Kier molecular flexibility index (Phi) is 8.66. The van der Waals surface area contributed by atoms with Crippen LogP contribution in [-0.4, -0.2) is 29.1 Å². The molecule has 240 valence electrons. The number of hydrogen-bond acceptors (Lipinski definition) is 6. The van der Waals surface area contributed by atoms with Crippen LogP contribution in [0.2, 0.25) is 0 Å². The predicted molar refractivity (Wildman–Crippen MR) is 173 cm³/mol. The Morgan fingerprint density at radius 2 is 1.16 bits per heavy atom. The normalized spacial score (nSPS) is 30.6. The van der Waals surface area contributed by atoms with Crippen molar-refractivity contribution in [3.05, 3.63) is 86.0 Å². The molecule has 45 heavy (non-hydrogen) atoms. The first kappa shape index (κ1) is 31.5. The van der Waals surface area contributed by atoms with Crippen molar-refractivity contribution in [3.63, 3.8) is 0 Å². The Morgan fingerprint density at radius 3 is 1.60 bits per heavy atom. The molecular weight excluding hydrogens is 566 g/mol. The van der Waals surface area contributed by atoms with Gasteiger partial charge in [-0.15, -0.1) is 0 Å². The van der Waals surface area contributed by atoms with Crippen LogP contribution in [0.1, 0.15) is 114 Å². The maximum absolute atomic E-state index is 14.6. The van der Waals surface area contributed by atoms with Gasteiger partial charge in [-0.25, -0.2) is 9.59 Å². The summed E-state index contributed by atoms with van der Waals surface area (Å²) >= 11 is 0. The van der Waals surface area contributed by atoms with Crippen molar-refractivity contribution in [1.82, 2.24) is 0 Å². The van der Waals surface area contributed by atoms with Crippen molar-refractivity contribution in [2.24, 2.45) is 35.5 Å². The minimum absolute atomic E-state index is 0.0347. The molecule has 0 aromatic heterocycles. The highest BCUT2D eigenvalue weighted by molar-refractivity contribution is 6.06. The number of non-ortho nitro benzene ring substituents is 1. The highest BCUT2D eigenvalue weighted by Crippen LogP contribution is 2.57. The van der Waals surface area contributed by atoms with Gasteiger partial charge in [0.05, 0.1) is 16.1 Å². The molecule has 5 aliphatic rings. The highest BCUT2D eigenvalue weighted by Gasteiger charge is 2.50. The van der Waals surface area contributed by atoms with Gasteiger partial charge in [0.2, 0.25) is 0 Å². The second-order valence-electron chi connectivity index (χ2n) is 14.9. The molecule has 8 unspecified atom stereocenters. The lowest BCUT2D eigenvalue weighted by Crippen LogP contribution is -2.41. The molecule has 0 N–H and O–H groups in total. The van der Waals surface area contributed by atoms with Crippen molar-refractivity contribution >= 4 is 17.6 Å². The van der Waals surface area contributed by atoms with Crippen molar-refractivity contribution in [1.29, 1.82) is 0 Å². The average molecular weight is 614 g/mol. The topological polar surface area (TPSA) is 95.7 Å². The van der Waals surface area contributed by atoms with Crippen LogP contribution >= 0.6 is 0 Å². The number of carbonyl (C=O) groups is 2. The molecule has 5 aliphatic carbocycles. The lowest BCUT2D eigenvalue weighted by molar-refractivity contribution is -0.384. The third kappa shape index (κ3) is 5.72. The van der Waals surface area contributed by atoms with E-state index in [4.69, 9.17) is 9.47 Å². The Morgan fingerprint density at radius 1 is 0.711 bits per heavy atom. The van der Waals surface area contributed by atoms with E-state index in [-0.39, 0.29) is 29.7 Å². The van der Waals surface area contributed by atoms with Crippen LogP contribution in [0.5, 0.6) is 0 Å². The fraction of sp³-hybridized carbons (Fsp3) is 0.579. The van der Waals surface area contributed by atoms with Gasteiger partial charge in [0.15, 0.2) is 0 Å². The summed E-state index contributed by atoms with van der Waals surface area (Å²) in [6.07, 6.45) is 5.29. The lowest BCUT2D eigenvalue weighted by Gasteiger charge is -2.43. The molecule has 0 amide bonds. The molecule has 2 fully saturated rings. The lowest BCUT2D eigenvalue weighted by atomic mass is 9.61. The number of esters is 2. The molecule has 2 bridgehead atoms. The zero-order chi connectivity index (χ0) is 32.2. The molecule has 2 aromatic rings. The number of rotatable bonds is 7. The maximum atomic E-state index is 14.6. The van der Waals surface area contributed by atoms with Crippen molar-refractivity contribution < 1.29 is 24.0 Å². The molecule has 2 aromatic carbocycles. The van der Waals surface area contributed by atoms with Gasteiger partial charge in [0, 0.05) is 24.0 Å². The van der Waals surface area contributed by atoms with E-state index in [2.05, 4.69) is 41.5 Å². The van der Waals surface area contributed by atoms with Gasteiger partial charge in [-0.2, -0.15) is 0 Å². The summed E-state index contributed by atoms with van der Waals surface area (Å²) in [5, 5.41) is 11.9. The second kappa shape index (κ2) is 12.4. The van der Waals surface area contributed by atoms with Gasteiger partial charge in [-0.05, 0) is 83.4 Å². The van der Waals surface area contributed by atoms with Gasteiger partial charge < -0.3 is 9.47 Å². The van der Waals surface area contributed by atoms with Crippen LogP contribution < -0.4 is 0 Å². The molecule has 7 heteroatoms. The van der Waals surface area contributed by atoms with Crippen LogP contribution in [0.3, 0.4) is 0 Å². The number of nitro groups is 1. The Bertz CT molecular complexity index is 1520. The molecule has 0 radical (unpaired) electrons. The van der Waals surface area contributed by atoms with E-state index in [0.29, 0.717) is 40.4 Å². The Labute approximate surface area is 266 Å². The first-order chi connectivity index (χ1) is 21.5. The van der Waals surface area contributed by atoms with E-state index in [1.54, 1.807) is 12.1 Å². The Balaban J connectivity index is 1.48. The maximum Gasteiger partial charge on any atom is 0.335 e. The standard InChI is InChI=1S/C38H47NO6/c1-20(2)25-14-11-22(5)17-31(25)44-37(40)35-33-27-9-7-8-10-28(27)34(30-19-24(39(42)43)13-16-29(30)33)36(35)38(41)45-32-18-23(6)12-15-26(32)21(3)4/h7-10,13,16,19-23,25-26,31-34H,11-12,14-15,17-18H2,1-6H3. The smallest absolute Gasteiger partial charge is 0.335 e. The van der Waals surface area contributed by atoms with Gasteiger partial charge in [0.25, 0.3) is 5.69 Å². The summed E-state index contributed by atoms with van der Waals surface area (Å²) < 4.78 is 12.9. The predicted octanol–water partition coefficient (Wildman–Crippen LogP) is 8.49. The summed E-state index contributed by atoms with van der Waals surface area (Å²) in [6.45, 7) is 13.1. The van der Waals surface area contributed by atoms with Crippen LogP contribution in [0.15, 0.2) is 53.6 Å². The summed E-state index contributed by atoms with van der Waals surface area (Å²) in [7, 11) is 0. The van der Waals surface area contributed by atoms with E-state index >= 15 is 0 Å². The third-order valence-electron chi connectivity index (χ3n) is 11.3. The molecule has 7 nitrogen and oxygen atoms in total. The quantitative estimate of drug-likeness (QED) is 0.177. The van der Waals surface area contributed by atoms with Gasteiger partial charge in [-0.3, -0.25) is 10.1 Å². The summed E-state index contributed by atoms with van der Waals surface area (Å²) in [5.41, 5.74) is 3.95. The van der Waals surface area contributed by atoms with Crippen LogP contribution in [0, 0.1) is 45.6 Å². The first-order valence-electron chi connectivity index (χ1n) is 17.0. The van der Waals surface area contributed by atoms with E-state index in [1.807, 2.05) is 24.3 Å². The summed E-state index contributed by atoms with van der Waals surface area (Å²) in [4.78, 5) is 40.6. The zero-order valence-electron chi connectivity index (χ0n) is 27.5. The monoisotopic (exact) mass is 613 g/mol. The number of nitro benzene ring substituents is 1. The van der Waals surface area contributed by atoms with Crippen LogP contribution in [0.25, 0.3) is 0 Å². The third-order valence-corrected chi connectivity index (χ3v) is 11.3. The van der Waals surface area contributed by atoms with E-state index in [0.717, 1.165) is 55.2 Å². The second-order valence-corrected chi connectivity index (χ2v) is 14.9. The molecule has 2 saturated carbocycles. The van der Waals surface area contributed by atoms with Gasteiger partial charge >= 0.3 is 11.9 Å². The van der Waals surface area contributed by atoms with E-state index < -0.39 is 28.7 Å². The van der Waals surface area contributed by atoms with E-state index in [1.165, 1.54) is 6.07 Å². The molecule has 7 rings (SSSR count). The van der Waals surface area contributed by atoms with Crippen LogP contribution in [-0.2, 0) is 19.1 Å². The molecule has 0 spiro atoms. The SMILES string of the molecule is CC1CCC(C(C)C)C(OC(=O)C2=C(C(=O)OC3CC(C)CCC3C(C)C)C3c4ccccc4C2c2ccc([N+](=O)[O-])cc23)C1. The number of ether oxygens (including phenoxy) is 2. The number of hydrogen-bond donors (Lipinski definition) is 0. The van der Waals surface area contributed by atoms with E-state index in [9.17, 15) is 19.7 Å². The largest absolute Gasteiger partial charge is 0.459 e. The zero-order valence-corrected chi connectivity index (χ0v) is 27.5. The first-order valence-corrected chi connectivity index (χ1v) is 17.0. The average Bonchev–Trinajstić information content (AvgIpc) is 3.00. The molecule has 8 atom stereocenters.